The lowest BCUT2D eigenvalue weighted by Crippen LogP contribution is -2.53. The van der Waals surface area contributed by atoms with Crippen molar-refractivity contribution in [2.75, 3.05) is 44.6 Å². The molecule has 1 fully saturated rings. The predicted molar refractivity (Wildman–Crippen MR) is 117 cm³/mol. The highest BCUT2D eigenvalue weighted by Crippen LogP contribution is 2.16. The van der Waals surface area contributed by atoms with Crippen LogP contribution in [-0.2, 0) is 4.79 Å². The second-order valence-electron chi connectivity index (χ2n) is 7.54. The molecule has 8 heteroatoms. The Balaban J connectivity index is 1.23. The van der Waals surface area contributed by atoms with Crippen LogP contribution >= 0.6 is 0 Å². The van der Waals surface area contributed by atoms with Gasteiger partial charge in [0.2, 0.25) is 5.91 Å². The molecule has 3 aromatic rings. The van der Waals surface area contributed by atoms with Crippen LogP contribution in [0, 0.1) is 0 Å². The number of imidazole rings is 1. The molecule has 0 unspecified atom stereocenters. The van der Waals surface area contributed by atoms with Gasteiger partial charge in [-0.3, -0.25) is 14.6 Å². The third-order valence-electron chi connectivity index (χ3n) is 5.54. The average molecular weight is 409 g/mol. The Hall–Kier alpha value is -3.10. The number of anilines is 1. The Morgan fingerprint density at radius 1 is 1.07 bits per heavy atom. The summed E-state index contributed by atoms with van der Waals surface area (Å²) in [6, 6.07) is 14.9. The summed E-state index contributed by atoms with van der Waals surface area (Å²) in [5.41, 5.74) is 1.82. The number of rotatable bonds is 7. The van der Waals surface area contributed by atoms with E-state index in [9.17, 15) is 9.59 Å². The molecular formula is C22H27N5O3. The highest BCUT2D eigenvalue weighted by molar-refractivity contribution is 5.96. The van der Waals surface area contributed by atoms with Crippen molar-refractivity contribution < 1.29 is 9.53 Å². The van der Waals surface area contributed by atoms with Crippen LogP contribution in [0.25, 0.3) is 11.0 Å². The zero-order valence-electron chi connectivity index (χ0n) is 17.1. The predicted octanol–water partition coefficient (Wildman–Crippen LogP) is 1.88. The topological polar surface area (TPSA) is 93.5 Å². The molecule has 3 N–H and O–H groups in total. The highest BCUT2D eigenvalue weighted by Gasteiger charge is 2.25. The van der Waals surface area contributed by atoms with Crippen LogP contribution in [0.15, 0.2) is 53.3 Å². The first-order valence-electron chi connectivity index (χ1n) is 10.3. The van der Waals surface area contributed by atoms with Crippen LogP contribution in [0.5, 0.6) is 5.75 Å². The summed E-state index contributed by atoms with van der Waals surface area (Å²) in [6.45, 7) is 6.95. The number of aromatic nitrogens is 2. The van der Waals surface area contributed by atoms with Crippen LogP contribution in [-0.4, -0.2) is 71.0 Å². The third-order valence-corrected chi connectivity index (χ3v) is 5.54. The first-order valence-corrected chi connectivity index (χ1v) is 10.3. The minimum absolute atomic E-state index is 0.0481. The Morgan fingerprint density at radius 2 is 1.80 bits per heavy atom. The van der Waals surface area contributed by atoms with Gasteiger partial charge in [0.1, 0.15) is 12.4 Å². The Morgan fingerprint density at radius 3 is 2.57 bits per heavy atom. The maximum atomic E-state index is 12.7. The van der Waals surface area contributed by atoms with E-state index < -0.39 is 0 Å². The van der Waals surface area contributed by atoms with Crippen molar-refractivity contribution in [1.82, 2.24) is 19.8 Å². The van der Waals surface area contributed by atoms with E-state index in [1.807, 2.05) is 37.3 Å². The number of aromatic amines is 2. The normalized spacial score (nSPS) is 16.4. The number of fused-ring (bicyclic) bond motifs is 1. The fourth-order valence-electron chi connectivity index (χ4n) is 3.71. The van der Waals surface area contributed by atoms with Crippen molar-refractivity contribution in [3.63, 3.8) is 0 Å². The molecule has 0 radical (unpaired) electrons. The van der Waals surface area contributed by atoms with E-state index in [-0.39, 0.29) is 17.6 Å². The summed E-state index contributed by atoms with van der Waals surface area (Å²) in [7, 11) is 0. The molecule has 1 atom stereocenters. The SMILES string of the molecule is C[C@@H](C(=O)Nc1ccc2[nH]c(=O)[nH]c2c1)N1CCN(CCOc2ccccc2)CC1. The van der Waals surface area contributed by atoms with Gasteiger partial charge in [0.05, 0.1) is 17.1 Å². The first kappa shape index (κ1) is 20.2. The van der Waals surface area contributed by atoms with Crippen molar-refractivity contribution in [1.29, 1.82) is 0 Å². The molecule has 0 spiro atoms. The third kappa shape index (κ3) is 4.90. The molecule has 1 amide bonds. The fourth-order valence-corrected chi connectivity index (χ4v) is 3.71. The van der Waals surface area contributed by atoms with Gasteiger partial charge in [-0.25, -0.2) is 4.79 Å². The van der Waals surface area contributed by atoms with Crippen LogP contribution in [0.4, 0.5) is 5.69 Å². The van der Waals surface area contributed by atoms with Crippen molar-refractivity contribution in [3.8, 4) is 5.75 Å². The number of nitrogens with zero attached hydrogens (tertiary/aromatic N) is 2. The molecule has 1 aliphatic rings. The lowest BCUT2D eigenvalue weighted by atomic mass is 10.2. The van der Waals surface area contributed by atoms with Gasteiger partial charge in [-0.1, -0.05) is 18.2 Å². The van der Waals surface area contributed by atoms with Crippen molar-refractivity contribution in [2.24, 2.45) is 0 Å². The maximum absolute atomic E-state index is 12.7. The molecule has 1 saturated heterocycles. The number of amides is 1. The van der Waals surface area contributed by atoms with E-state index in [4.69, 9.17) is 4.74 Å². The number of carbonyl (C=O) groups excluding carboxylic acids is 1. The Kier molecular flexibility index (Phi) is 6.15. The van der Waals surface area contributed by atoms with Gasteiger partial charge in [0, 0.05) is 38.4 Å². The Bertz CT molecular complexity index is 1040. The van der Waals surface area contributed by atoms with Gasteiger partial charge >= 0.3 is 5.69 Å². The van der Waals surface area contributed by atoms with Gasteiger partial charge in [-0.05, 0) is 37.3 Å². The summed E-state index contributed by atoms with van der Waals surface area (Å²) >= 11 is 0. The minimum Gasteiger partial charge on any atom is -0.492 e. The van der Waals surface area contributed by atoms with Crippen LogP contribution in [0.2, 0.25) is 0 Å². The zero-order chi connectivity index (χ0) is 20.9. The van der Waals surface area contributed by atoms with Crippen molar-refractivity contribution >= 4 is 22.6 Å². The van der Waals surface area contributed by atoms with E-state index in [0.717, 1.165) is 44.0 Å². The number of ether oxygens (including phenoxy) is 1. The second-order valence-corrected chi connectivity index (χ2v) is 7.54. The molecule has 2 heterocycles. The van der Waals surface area contributed by atoms with Crippen LogP contribution in [0.3, 0.4) is 0 Å². The van der Waals surface area contributed by atoms with Gasteiger partial charge in [-0.2, -0.15) is 0 Å². The number of para-hydroxylation sites is 1. The van der Waals surface area contributed by atoms with E-state index in [2.05, 4.69) is 25.1 Å². The van der Waals surface area contributed by atoms with Gasteiger partial charge in [0.25, 0.3) is 0 Å². The highest BCUT2D eigenvalue weighted by atomic mass is 16.5. The lowest BCUT2D eigenvalue weighted by Gasteiger charge is -2.37. The summed E-state index contributed by atoms with van der Waals surface area (Å²) in [5.74, 6) is 0.844. The van der Waals surface area contributed by atoms with Crippen LogP contribution in [0.1, 0.15) is 6.92 Å². The number of nitrogens with one attached hydrogen (secondary N) is 3. The quantitative estimate of drug-likeness (QED) is 0.554. The number of hydrogen-bond acceptors (Lipinski definition) is 5. The molecular weight excluding hydrogens is 382 g/mol. The monoisotopic (exact) mass is 409 g/mol. The standard InChI is InChI=1S/C22H27N5O3/c1-16(21(28)23-17-7-8-19-20(15-17)25-22(29)24-19)27-11-9-26(10-12-27)13-14-30-18-5-3-2-4-6-18/h2-8,15-16H,9-14H2,1H3,(H,23,28)(H2,24,25,29)/t16-/m0/s1. The molecule has 1 aliphatic heterocycles. The first-order chi connectivity index (χ1) is 14.6. The summed E-state index contributed by atoms with van der Waals surface area (Å²) in [4.78, 5) is 34.0. The van der Waals surface area contributed by atoms with Gasteiger partial charge in [-0.15, -0.1) is 0 Å². The van der Waals surface area contributed by atoms with E-state index in [1.165, 1.54) is 0 Å². The van der Waals surface area contributed by atoms with Gasteiger partial charge < -0.3 is 20.0 Å². The fraction of sp³-hybridized carbons (Fsp3) is 0.364. The average Bonchev–Trinajstić information content (AvgIpc) is 3.14. The molecule has 2 aromatic carbocycles. The van der Waals surface area contributed by atoms with Crippen LogP contribution < -0.4 is 15.7 Å². The maximum Gasteiger partial charge on any atom is 0.323 e. The molecule has 0 aliphatic carbocycles. The van der Waals surface area contributed by atoms with E-state index in [1.54, 1.807) is 18.2 Å². The van der Waals surface area contributed by atoms with E-state index in [0.29, 0.717) is 17.8 Å². The molecule has 8 nitrogen and oxygen atoms in total. The number of hydrogen-bond donors (Lipinski definition) is 3. The number of benzene rings is 2. The van der Waals surface area contributed by atoms with Crippen molar-refractivity contribution in [3.05, 3.63) is 59.0 Å². The molecule has 0 bridgehead atoms. The minimum atomic E-state index is -0.256. The molecule has 4 rings (SSSR count). The number of carbonyl (C=O) groups is 1. The lowest BCUT2D eigenvalue weighted by molar-refractivity contribution is -0.121. The van der Waals surface area contributed by atoms with Crippen molar-refractivity contribution in [2.45, 2.75) is 13.0 Å². The largest absolute Gasteiger partial charge is 0.492 e. The van der Waals surface area contributed by atoms with E-state index >= 15 is 0 Å². The number of piperazine rings is 1. The summed E-state index contributed by atoms with van der Waals surface area (Å²) in [5, 5.41) is 2.95. The smallest absolute Gasteiger partial charge is 0.323 e. The van der Waals surface area contributed by atoms with Gasteiger partial charge in [0.15, 0.2) is 0 Å². The number of H-pyrrole nitrogens is 2. The summed E-state index contributed by atoms with van der Waals surface area (Å²) in [6.07, 6.45) is 0. The molecule has 0 saturated carbocycles. The molecule has 1 aromatic heterocycles. The Labute approximate surface area is 174 Å². The molecule has 30 heavy (non-hydrogen) atoms. The second kappa shape index (κ2) is 9.15. The zero-order valence-corrected chi connectivity index (χ0v) is 17.1. The molecule has 158 valence electrons. The summed E-state index contributed by atoms with van der Waals surface area (Å²) < 4.78 is 5.78.